The van der Waals surface area contributed by atoms with Crippen LogP contribution in [-0.4, -0.2) is 36.6 Å². The maximum atomic E-state index is 14.7. The molecule has 1 aromatic carbocycles. The van der Waals surface area contributed by atoms with Gasteiger partial charge < -0.3 is 20.1 Å². The van der Waals surface area contributed by atoms with Gasteiger partial charge >= 0.3 is 17.9 Å². The number of carbonyl (C=O) groups is 2. The van der Waals surface area contributed by atoms with Crippen LogP contribution in [0.4, 0.5) is 14.5 Å². The Morgan fingerprint density at radius 1 is 1.13 bits per heavy atom. The molecule has 7 nitrogen and oxygen atoms in total. The maximum absolute atomic E-state index is 14.7. The van der Waals surface area contributed by atoms with Gasteiger partial charge in [0.25, 0.3) is 5.79 Å². The second-order valence-electron chi connectivity index (χ2n) is 7.35. The molecule has 4 rings (SSSR count). The van der Waals surface area contributed by atoms with Gasteiger partial charge in [0.15, 0.2) is 0 Å². The number of hydrogen-bond donors (Lipinski definition) is 2. The normalized spacial score (nSPS) is 18.4. The van der Waals surface area contributed by atoms with Gasteiger partial charge in [-0.25, -0.2) is 0 Å². The lowest BCUT2D eigenvalue weighted by Gasteiger charge is -2.32. The number of nitrogens with one attached hydrogen (secondary N) is 2. The van der Waals surface area contributed by atoms with Crippen LogP contribution < -0.4 is 10.6 Å². The van der Waals surface area contributed by atoms with Gasteiger partial charge in [-0.15, -0.1) is 0 Å². The molecule has 2 N–H and O–H groups in total. The molecule has 1 fully saturated rings. The molecule has 1 spiro atoms. The molecule has 10 heteroatoms. The average Bonchev–Trinajstić information content (AvgIpc) is 3.01. The van der Waals surface area contributed by atoms with E-state index in [-0.39, 0.29) is 35.8 Å². The minimum absolute atomic E-state index is 0.0443. The van der Waals surface area contributed by atoms with Crippen molar-refractivity contribution >= 4 is 29.2 Å². The Bertz CT molecular complexity index is 986. The predicted molar refractivity (Wildman–Crippen MR) is 108 cm³/mol. The van der Waals surface area contributed by atoms with Crippen LogP contribution in [0, 0.1) is 0 Å². The molecule has 31 heavy (non-hydrogen) atoms. The van der Waals surface area contributed by atoms with Crippen LogP contribution in [0.2, 0.25) is 5.02 Å². The van der Waals surface area contributed by atoms with Gasteiger partial charge in [0, 0.05) is 11.8 Å². The average molecular weight is 452 g/mol. The summed E-state index contributed by atoms with van der Waals surface area (Å²) < 4.78 is 40.4. The number of pyridine rings is 1. The number of aromatic nitrogens is 1. The topological polar surface area (TPSA) is 89.6 Å². The van der Waals surface area contributed by atoms with E-state index in [2.05, 4.69) is 15.6 Å². The van der Waals surface area contributed by atoms with E-state index in [4.69, 9.17) is 21.1 Å². The highest BCUT2D eigenvalue weighted by Gasteiger charge is 2.46. The van der Waals surface area contributed by atoms with E-state index in [1.807, 2.05) is 0 Å². The van der Waals surface area contributed by atoms with Crippen molar-refractivity contribution in [1.29, 1.82) is 0 Å². The molecule has 164 valence electrons. The lowest BCUT2D eigenvalue weighted by molar-refractivity contribution is -0.225. The summed E-state index contributed by atoms with van der Waals surface area (Å²) in [5, 5.41) is 6.04. The number of halogens is 3. The summed E-state index contributed by atoms with van der Waals surface area (Å²) in [6.07, 6.45) is 1.51. The number of anilines is 1. The number of alkyl halides is 2. The maximum Gasteiger partial charge on any atom is 0.309 e. The molecule has 2 aliphatic rings. The zero-order valence-corrected chi connectivity index (χ0v) is 17.2. The van der Waals surface area contributed by atoms with E-state index in [9.17, 15) is 18.4 Å². The summed E-state index contributed by atoms with van der Waals surface area (Å²) in [5.41, 5.74) is 0.838. The second-order valence-corrected chi connectivity index (χ2v) is 7.76. The van der Waals surface area contributed by atoms with Crippen LogP contribution in [0.15, 0.2) is 36.5 Å². The monoisotopic (exact) mass is 451 g/mol. The molecule has 0 saturated carbocycles. The predicted octanol–water partition coefficient (Wildman–Crippen LogP) is 3.12. The van der Waals surface area contributed by atoms with E-state index in [1.54, 1.807) is 12.1 Å². The van der Waals surface area contributed by atoms with Gasteiger partial charge in [-0.2, -0.15) is 8.78 Å². The Kier molecular flexibility index (Phi) is 5.81. The molecule has 1 saturated heterocycles. The zero-order chi connectivity index (χ0) is 22.1. The van der Waals surface area contributed by atoms with Crippen molar-refractivity contribution in [1.82, 2.24) is 10.3 Å². The number of nitrogens with zero attached hydrogens (tertiary/aromatic N) is 1. The highest BCUT2D eigenvalue weighted by molar-refractivity contribution is 6.33. The molecule has 0 amide bonds. The van der Waals surface area contributed by atoms with Crippen molar-refractivity contribution in [2.45, 2.75) is 31.0 Å². The van der Waals surface area contributed by atoms with Crippen LogP contribution in [0.3, 0.4) is 0 Å². The zero-order valence-electron chi connectivity index (χ0n) is 16.4. The van der Waals surface area contributed by atoms with E-state index >= 15 is 0 Å². The first-order valence-corrected chi connectivity index (χ1v) is 10.2. The molecule has 2 aromatic rings. The third-order valence-corrected chi connectivity index (χ3v) is 5.51. The van der Waals surface area contributed by atoms with Gasteiger partial charge in [-0.05, 0) is 42.8 Å². The molecule has 0 radical (unpaired) electrons. The fourth-order valence-corrected chi connectivity index (χ4v) is 3.98. The minimum atomic E-state index is -3.25. The number of benzene rings is 1. The second kappa shape index (κ2) is 8.39. The van der Waals surface area contributed by atoms with Crippen molar-refractivity contribution in [3.63, 3.8) is 0 Å². The summed E-state index contributed by atoms with van der Waals surface area (Å²) in [4.78, 5) is 28.1. The summed E-state index contributed by atoms with van der Waals surface area (Å²) in [6, 6.07) is 7.39. The van der Waals surface area contributed by atoms with E-state index in [0.29, 0.717) is 24.1 Å². The molecule has 0 atom stereocenters. The number of fused-ring (bicyclic) bond motifs is 2. The largest absolute Gasteiger partial charge is 0.416 e. The summed E-state index contributed by atoms with van der Waals surface area (Å²) in [7, 11) is 0. The fourth-order valence-electron chi connectivity index (χ4n) is 3.73. The van der Waals surface area contributed by atoms with Crippen molar-refractivity contribution in [3.05, 3.63) is 58.4 Å². The molecule has 0 bridgehead atoms. The number of carbonyl (C=O) groups excluding carboxylic acids is 2. The third kappa shape index (κ3) is 4.33. The summed E-state index contributed by atoms with van der Waals surface area (Å²) in [6.45, 7) is -0.266. The fraction of sp³-hybridized carbons (Fsp3) is 0.381. The molecule has 2 aliphatic heterocycles. The highest BCUT2D eigenvalue weighted by Crippen LogP contribution is 2.41. The van der Waals surface area contributed by atoms with Crippen molar-refractivity contribution in [2.75, 3.05) is 25.0 Å². The minimum Gasteiger partial charge on any atom is -0.416 e. The van der Waals surface area contributed by atoms with E-state index in [1.165, 1.54) is 24.4 Å². The Balaban J connectivity index is 1.71. The third-order valence-electron chi connectivity index (χ3n) is 5.20. The van der Waals surface area contributed by atoms with Crippen LogP contribution >= 0.6 is 11.6 Å². The molecular formula is C21H20ClF2N3O4. The standard InChI is InChI=1S/C21H20ClF2N3O4/c22-15-5-4-14-13(19(15)27-11-20(23,24)16-3-1-2-9-26-16)8-10-25-12-21(14)30-17(28)6-7-18(29)31-21/h1-5,9,25,27H,6-8,10-12H2. The Labute approximate surface area is 182 Å². The van der Waals surface area contributed by atoms with Crippen molar-refractivity contribution in [3.8, 4) is 0 Å². The van der Waals surface area contributed by atoms with E-state index in [0.717, 1.165) is 0 Å². The number of ether oxygens (including phenoxy) is 2. The molecular weight excluding hydrogens is 432 g/mol. The lowest BCUT2D eigenvalue weighted by atomic mass is 9.96. The van der Waals surface area contributed by atoms with Gasteiger partial charge in [0.1, 0.15) is 5.69 Å². The molecule has 1 aromatic heterocycles. The quantitative estimate of drug-likeness (QED) is 0.690. The van der Waals surface area contributed by atoms with Gasteiger partial charge in [-0.3, -0.25) is 14.6 Å². The SMILES string of the molecule is O=C1CCC(=O)OC2(CNCCc3c2ccc(Cl)c3NCC(F)(F)c2ccccn2)O1. The van der Waals surface area contributed by atoms with Gasteiger partial charge in [-0.1, -0.05) is 17.7 Å². The molecule has 3 heterocycles. The van der Waals surface area contributed by atoms with E-state index < -0.39 is 30.2 Å². The smallest absolute Gasteiger partial charge is 0.309 e. The number of esters is 2. The van der Waals surface area contributed by atoms with Gasteiger partial charge in [0.05, 0.1) is 36.6 Å². The lowest BCUT2D eigenvalue weighted by Crippen LogP contribution is -2.43. The van der Waals surface area contributed by atoms with Crippen LogP contribution in [0.5, 0.6) is 0 Å². The van der Waals surface area contributed by atoms with Crippen molar-refractivity contribution < 1.29 is 27.8 Å². The Morgan fingerprint density at radius 2 is 1.87 bits per heavy atom. The van der Waals surface area contributed by atoms with Crippen LogP contribution in [0.1, 0.15) is 29.7 Å². The highest BCUT2D eigenvalue weighted by atomic mass is 35.5. The first-order chi connectivity index (χ1) is 14.8. The summed E-state index contributed by atoms with van der Waals surface area (Å²) in [5.74, 6) is -6.09. The van der Waals surface area contributed by atoms with Gasteiger partial charge in [0.2, 0.25) is 0 Å². The Hall–Kier alpha value is -2.78. The first-order valence-electron chi connectivity index (χ1n) is 9.80. The number of hydrogen-bond acceptors (Lipinski definition) is 7. The molecule has 0 unspecified atom stereocenters. The summed E-state index contributed by atoms with van der Waals surface area (Å²) >= 11 is 6.35. The van der Waals surface area contributed by atoms with Crippen LogP contribution in [-0.2, 0) is 37.2 Å². The Morgan fingerprint density at radius 3 is 2.55 bits per heavy atom. The first kappa shape index (κ1) is 21.5. The van der Waals surface area contributed by atoms with Crippen molar-refractivity contribution in [2.24, 2.45) is 0 Å². The molecule has 0 aliphatic carbocycles. The number of rotatable bonds is 4. The van der Waals surface area contributed by atoms with Crippen LogP contribution in [0.25, 0.3) is 0 Å².